The number of hydrogen-bond donors (Lipinski definition) is 1. The zero-order chi connectivity index (χ0) is 24.9. The van der Waals surface area contributed by atoms with E-state index in [1.54, 1.807) is 48.5 Å². The summed E-state index contributed by atoms with van der Waals surface area (Å²) in [6.45, 7) is -0.0512. The number of thioether (sulfide) groups is 1. The first-order chi connectivity index (χ1) is 16.8. The van der Waals surface area contributed by atoms with Crippen LogP contribution in [0.5, 0.6) is 5.75 Å². The van der Waals surface area contributed by atoms with Gasteiger partial charge in [0.05, 0.1) is 27.2 Å². The number of imide groups is 1. The van der Waals surface area contributed by atoms with E-state index in [4.69, 9.17) is 27.9 Å². The second kappa shape index (κ2) is 11.5. The quantitative estimate of drug-likeness (QED) is 0.226. The molecule has 0 aromatic heterocycles. The molecule has 0 atom stereocenters. The van der Waals surface area contributed by atoms with Crippen molar-refractivity contribution in [3.05, 3.63) is 96.4 Å². The Bertz CT molecular complexity index is 1330. The molecule has 1 fully saturated rings. The molecule has 0 radical (unpaired) electrons. The maximum absolute atomic E-state index is 12.8. The number of nitrogens with zero attached hydrogens (tertiary/aromatic N) is 1. The number of rotatable bonds is 7. The lowest BCUT2D eigenvalue weighted by atomic mass is 10.2. The van der Waals surface area contributed by atoms with Crippen LogP contribution in [0.15, 0.2) is 71.6 Å². The van der Waals surface area contributed by atoms with Crippen LogP contribution in [-0.2, 0) is 16.1 Å². The van der Waals surface area contributed by atoms with E-state index in [-0.39, 0.29) is 35.2 Å². The van der Waals surface area contributed by atoms with Crippen molar-refractivity contribution in [3.8, 4) is 5.75 Å². The monoisotopic (exact) mass is 638 g/mol. The van der Waals surface area contributed by atoms with E-state index in [1.165, 1.54) is 4.90 Å². The van der Waals surface area contributed by atoms with Crippen molar-refractivity contribution >= 4 is 86.4 Å². The molecule has 0 aliphatic carbocycles. The lowest BCUT2D eigenvalue weighted by Gasteiger charge is -2.12. The molecule has 1 aliphatic heterocycles. The lowest BCUT2D eigenvalue weighted by molar-refractivity contribution is -0.123. The average Bonchev–Trinajstić information content (AvgIpc) is 3.08. The average molecular weight is 639 g/mol. The van der Waals surface area contributed by atoms with Gasteiger partial charge < -0.3 is 10.1 Å². The number of benzene rings is 3. The minimum Gasteiger partial charge on any atom is -0.482 e. The molecule has 4 rings (SSSR count). The third kappa shape index (κ3) is 6.58. The lowest BCUT2D eigenvalue weighted by Crippen LogP contribution is -2.27. The van der Waals surface area contributed by atoms with Crippen molar-refractivity contribution in [3.63, 3.8) is 0 Å². The molecule has 3 aromatic rings. The molecular weight excluding hydrogens is 622 g/mol. The van der Waals surface area contributed by atoms with Gasteiger partial charge in [-0.25, -0.2) is 0 Å². The van der Waals surface area contributed by atoms with Crippen LogP contribution in [0.4, 0.5) is 10.5 Å². The van der Waals surface area contributed by atoms with Crippen LogP contribution in [0.25, 0.3) is 6.08 Å². The molecule has 1 heterocycles. The van der Waals surface area contributed by atoms with Gasteiger partial charge in [-0.2, -0.15) is 0 Å². The highest BCUT2D eigenvalue weighted by molar-refractivity contribution is 14.1. The first-order valence-corrected chi connectivity index (χ1v) is 12.9. The number of hydrogen-bond acceptors (Lipinski definition) is 5. The Kier molecular flexibility index (Phi) is 8.38. The van der Waals surface area contributed by atoms with Crippen LogP contribution in [0.2, 0.25) is 10.0 Å². The van der Waals surface area contributed by atoms with Gasteiger partial charge in [0.25, 0.3) is 17.1 Å². The first kappa shape index (κ1) is 25.6. The van der Waals surface area contributed by atoms with Crippen LogP contribution < -0.4 is 10.1 Å². The van der Waals surface area contributed by atoms with E-state index >= 15 is 0 Å². The predicted octanol–water partition coefficient (Wildman–Crippen LogP) is 6.85. The Morgan fingerprint density at radius 2 is 1.77 bits per heavy atom. The van der Waals surface area contributed by atoms with Gasteiger partial charge in [-0.3, -0.25) is 19.3 Å². The van der Waals surface area contributed by atoms with Gasteiger partial charge in [0.1, 0.15) is 5.75 Å². The van der Waals surface area contributed by atoms with Gasteiger partial charge in [0.15, 0.2) is 6.61 Å². The van der Waals surface area contributed by atoms with E-state index in [0.717, 1.165) is 20.9 Å². The highest BCUT2D eigenvalue weighted by Crippen LogP contribution is 2.34. The zero-order valence-corrected chi connectivity index (χ0v) is 22.5. The SMILES string of the molecule is O=C(COc1ccc(/C=C2\SC(=O)N(Cc3ccc(I)cc3)C2=O)cc1Cl)Nc1ccccc1Cl. The van der Waals surface area contributed by atoms with Gasteiger partial charge in [-0.15, -0.1) is 0 Å². The van der Waals surface area contributed by atoms with Crippen molar-refractivity contribution in [1.82, 2.24) is 4.90 Å². The number of halogens is 3. The van der Waals surface area contributed by atoms with Gasteiger partial charge in [-0.05, 0) is 88.0 Å². The van der Waals surface area contributed by atoms with Crippen molar-refractivity contribution < 1.29 is 19.1 Å². The Morgan fingerprint density at radius 3 is 2.49 bits per heavy atom. The van der Waals surface area contributed by atoms with Gasteiger partial charge in [-0.1, -0.05) is 53.5 Å². The maximum atomic E-state index is 12.8. The van der Waals surface area contributed by atoms with Crippen LogP contribution in [0.3, 0.4) is 0 Å². The van der Waals surface area contributed by atoms with E-state index in [2.05, 4.69) is 27.9 Å². The third-order valence-corrected chi connectivity index (χ3v) is 7.14. The zero-order valence-electron chi connectivity index (χ0n) is 18.0. The van der Waals surface area contributed by atoms with Gasteiger partial charge in [0.2, 0.25) is 0 Å². The second-order valence-electron chi connectivity index (χ2n) is 7.40. The van der Waals surface area contributed by atoms with Crippen molar-refractivity contribution in [2.75, 3.05) is 11.9 Å². The molecule has 6 nitrogen and oxygen atoms in total. The topological polar surface area (TPSA) is 75.7 Å². The molecule has 35 heavy (non-hydrogen) atoms. The summed E-state index contributed by atoms with van der Waals surface area (Å²) in [5.74, 6) is -0.434. The van der Waals surface area contributed by atoms with Crippen molar-refractivity contribution in [1.29, 1.82) is 0 Å². The fourth-order valence-electron chi connectivity index (χ4n) is 3.18. The fraction of sp³-hybridized carbons (Fsp3) is 0.0800. The summed E-state index contributed by atoms with van der Waals surface area (Å²) in [6.07, 6.45) is 1.61. The molecule has 3 amide bonds. The molecule has 0 unspecified atom stereocenters. The molecular formula is C25H17Cl2IN2O4S. The number of ether oxygens (including phenoxy) is 1. The number of carbonyl (C=O) groups is 3. The molecule has 0 saturated carbocycles. The van der Waals surface area contributed by atoms with E-state index in [1.807, 2.05) is 24.3 Å². The Labute approximate surface area is 229 Å². The second-order valence-corrected chi connectivity index (χ2v) is 10.5. The third-order valence-electron chi connectivity index (χ3n) is 4.89. The number of anilines is 1. The number of amides is 3. The molecule has 0 spiro atoms. The summed E-state index contributed by atoms with van der Waals surface area (Å²) in [5, 5.41) is 3.03. The molecule has 1 aliphatic rings. The first-order valence-electron chi connectivity index (χ1n) is 10.3. The van der Waals surface area contributed by atoms with Crippen LogP contribution in [0.1, 0.15) is 11.1 Å². The maximum Gasteiger partial charge on any atom is 0.293 e. The molecule has 1 saturated heterocycles. The van der Waals surface area contributed by atoms with Gasteiger partial charge in [0, 0.05) is 3.57 Å². The number of para-hydroxylation sites is 1. The van der Waals surface area contributed by atoms with E-state index in [9.17, 15) is 14.4 Å². The Morgan fingerprint density at radius 1 is 1.03 bits per heavy atom. The normalized spacial score (nSPS) is 14.5. The van der Waals surface area contributed by atoms with E-state index < -0.39 is 0 Å². The number of carbonyl (C=O) groups excluding carboxylic acids is 3. The molecule has 0 bridgehead atoms. The summed E-state index contributed by atoms with van der Waals surface area (Å²) >= 11 is 15.4. The largest absolute Gasteiger partial charge is 0.482 e. The van der Waals surface area contributed by atoms with E-state index in [0.29, 0.717) is 26.9 Å². The molecule has 1 N–H and O–H groups in total. The molecule has 10 heteroatoms. The van der Waals surface area contributed by atoms with Crippen molar-refractivity contribution in [2.24, 2.45) is 0 Å². The molecule has 3 aromatic carbocycles. The highest BCUT2D eigenvalue weighted by atomic mass is 127. The van der Waals surface area contributed by atoms with Crippen molar-refractivity contribution in [2.45, 2.75) is 6.54 Å². The van der Waals surface area contributed by atoms with Crippen LogP contribution >= 0.6 is 57.6 Å². The standard InChI is InChI=1S/C25H17Cl2IN2O4S/c26-18-3-1-2-4-20(18)29-23(31)14-34-21-10-7-16(11-19(21)27)12-22-24(32)30(25(33)35-22)13-15-5-8-17(28)9-6-15/h1-12H,13-14H2,(H,29,31)/b22-12-. The minimum atomic E-state index is -0.389. The Hall–Kier alpha value is -2.53. The Balaban J connectivity index is 1.39. The van der Waals surface area contributed by atoms with Gasteiger partial charge >= 0.3 is 0 Å². The summed E-state index contributed by atoms with van der Waals surface area (Å²) in [5.41, 5.74) is 1.99. The molecule has 178 valence electrons. The predicted molar refractivity (Wildman–Crippen MR) is 148 cm³/mol. The summed E-state index contributed by atoms with van der Waals surface area (Å²) in [6, 6.07) is 19.4. The van der Waals surface area contributed by atoms with Crippen LogP contribution in [0, 0.1) is 3.57 Å². The summed E-state index contributed by atoms with van der Waals surface area (Å²) in [4.78, 5) is 38.9. The number of nitrogens with one attached hydrogen (secondary N) is 1. The highest BCUT2D eigenvalue weighted by Gasteiger charge is 2.35. The smallest absolute Gasteiger partial charge is 0.293 e. The summed E-state index contributed by atoms with van der Waals surface area (Å²) < 4.78 is 6.60. The summed E-state index contributed by atoms with van der Waals surface area (Å²) in [7, 11) is 0. The van der Waals surface area contributed by atoms with Crippen LogP contribution in [-0.4, -0.2) is 28.6 Å². The minimum absolute atomic E-state index is 0.211. The fourth-order valence-corrected chi connectivity index (χ4v) is 4.80.